The molecule has 0 atom stereocenters. The summed E-state index contributed by atoms with van der Waals surface area (Å²) in [4.78, 5) is 4.55. The lowest BCUT2D eigenvalue weighted by Gasteiger charge is -2.28. The van der Waals surface area contributed by atoms with Gasteiger partial charge in [-0.05, 0) is 31.6 Å². The van der Waals surface area contributed by atoms with Crippen molar-refractivity contribution >= 4 is 5.95 Å². The van der Waals surface area contributed by atoms with Gasteiger partial charge in [0.15, 0.2) is 0 Å². The predicted molar refractivity (Wildman–Crippen MR) is 81.4 cm³/mol. The molecule has 1 aromatic heterocycles. The third kappa shape index (κ3) is 3.85. The Balaban J connectivity index is 1.93. The van der Waals surface area contributed by atoms with E-state index in [1.807, 2.05) is 6.08 Å². The Morgan fingerprint density at radius 3 is 2.68 bits per heavy atom. The molecule has 0 saturated heterocycles. The zero-order chi connectivity index (χ0) is 13.7. The third-order valence-electron chi connectivity index (χ3n) is 4.30. The molecule has 1 aliphatic rings. The molecular formula is C16H27N3. The van der Waals surface area contributed by atoms with Gasteiger partial charge in [0.25, 0.3) is 0 Å². The molecule has 0 aromatic carbocycles. The van der Waals surface area contributed by atoms with Crippen LogP contribution in [0.25, 0.3) is 0 Å². The van der Waals surface area contributed by atoms with Crippen molar-refractivity contribution in [3.63, 3.8) is 0 Å². The van der Waals surface area contributed by atoms with Crippen LogP contribution >= 0.6 is 0 Å². The second kappa shape index (κ2) is 6.78. The number of rotatable bonds is 6. The van der Waals surface area contributed by atoms with Gasteiger partial charge in [-0.2, -0.15) is 0 Å². The minimum atomic E-state index is 0.777. The van der Waals surface area contributed by atoms with Crippen molar-refractivity contribution in [1.82, 2.24) is 9.55 Å². The summed E-state index contributed by atoms with van der Waals surface area (Å²) in [5.41, 5.74) is 1.09. The second-order valence-corrected chi connectivity index (χ2v) is 5.82. The van der Waals surface area contributed by atoms with Crippen LogP contribution in [0.4, 0.5) is 5.95 Å². The fourth-order valence-corrected chi connectivity index (χ4v) is 3.09. The van der Waals surface area contributed by atoms with E-state index in [1.54, 1.807) is 0 Å². The van der Waals surface area contributed by atoms with Gasteiger partial charge in [0.2, 0.25) is 5.95 Å². The Labute approximate surface area is 117 Å². The highest BCUT2D eigenvalue weighted by Crippen LogP contribution is 2.32. The summed E-state index contributed by atoms with van der Waals surface area (Å²) in [5.74, 6) is 2.79. The van der Waals surface area contributed by atoms with E-state index in [4.69, 9.17) is 0 Å². The summed E-state index contributed by atoms with van der Waals surface area (Å²) in [6.07, 6.45) is 10.9. The maximum Gasteiger partial charge on any atom is 0.203 e. The quantitative estimate of drug-likeness (QED) is 0.784. The molecule has 0 bridgehead atoms. The molecule has 19 heavy (non-hydrogen) atoms. The van der Waals surface area contributed by atoms with Crippen molar-refractivity contribution in [3.8, 4) is 0 Å². The van der Waals surface area contributed by atoms with E-state index >= 15 is 0 Å². The fraction of sp³-hybridized carbons (Fsp3) is 0.688. The smallest absolute Gasteiger partial charge is 0.203 e. The van der Waals surface area contributed by atoms with Crippen LogP contribution in [0, 0.1) is 18.8 Å². The first-order chi connectivity index (χ1) is 9.22. The first-order valence-corrected chi connectivity index (χ1v) is 7.61. The Hall–Kier alpha value is -1.25. The highest BCUT2D eigenvalue weighted by molar-refractivity contribution is 5.29. The van der Waals surface area contributed by atoms with Gasteiger partial charge in [-0.1, -0.05) is 32.3 Å². The van der Waals surface area contributed by atoms with Crippen molar-refractivity contribution in [2.45, 2.75) is 52.5 Å². The molecule has 1 N–H and O–H groups in total. The van der Waals surface area contributed by atoms with Gasteiger partial charge >= 0.3 is 0 Å². The first kappa shape index (κ1) is 14.2. The van der Waals surface area contributed by atoms with Crippen molar-refractivity contribution in [2.24, 2.45) is 11.8 Å². The van der Waals surface area contributed by atoms with Gasteiger partial charge in [0.1, 0.15) is 0 Å². The van der Waals surface area contributed by atoms with E-state index in [1.165, 1.54) is 32.1 Å². The Kier molecular flexibility index (Phi) is 5.06. The lowest BCUT2D eigenvalue weighted by atomic mass is 9.81. The number of imidazole rings is 1. The van der Waals surface area contributed by atoms with Crippen molar-refractivity contribution in [3.05, 3.63) is 24.5 Å². The number of nitrogens with one attached hydrogen (secondary N) is 1. The van der Waals surface area contributed by atoms with Crippen LogP contribution < -0.4 is 5.32 Å². The van der Waals surface area contributed by atoms with Crippen molar-refractivity contribution < 1.29 is 0 Å². The lowest BCUT2D eigenvalue weighted by Crippen LogP contribution is -2.19. The van der Waals surface area contributed by atoms with E-state index in [9.17, 15) is 0 Å². The molecule has 0 spiro atoms. The summed E-state index contributed by atoms with van der Waals surface area (Å²) in [6, 6.07) is 0. The van der Waals surface area contributed by atoms with Gasteiger partial charge in [-0.25, -0.2) is 4.98 Å². The number of nitrogens with zero attached hydrogens (tertiary/aromatic N) is 2. The minimum absolute atomic E-state index is 0.777. The molecule has 106 valence electrons. The number of anilines is 1. The molecule has 3 heteroatoms. The zero-order valence-electron chi connectivity index (χ0n) is 12.4. The first-order valence-electron chi connectivity index (χ1n) is 7.61. The van der Waals surface area contributed by atoms with Crippen LogP contribution in [0.1, 0.15) is 44.7 Å². The molecule has 3 nitrogen and oxygen atoms in total. The van der Waals surface area contributed by atoms with Gasteiger partial charge in [0.05, 0.1) is 5.69 Å². The van der Waals surface area contributed by atoms with Gasteiger partial charge in [-0.15, -0.1) is 6.58 Å². The molecule has 2 rings (SSSR count). The molecule has 1 aromatic rings. The van der Waals surface area contributed by atoms with Crippen LogP contribution in [0.3, 0.4) is 0 Å². The van der Waals surface area contributed by atoms with Crippen LogP contribution in [0.2, 0.25) is 0 Å². The number of hydrogen-bond donors (Lipinski definition) is 1. The highest BCUT2D eigenvalue weighted by atomic mass is 15.2. The molecule has 1 aliphatic carbocycles. The Bertz CT molecular complexity index is 400. The monoisotopic (exact) mass is 261 g/mol. The Morgan fingerprint density at radius 2 is 2.05 bits per heavy atom. The average Bonchev–Trinajstić information content (AvgIpc) is 2.77. The summed E-state index contributed by atoms with van der Waals surface area (Å²) >= 11 is 0. The van der Waals surface area contributed by atoms with E-state index < -0.39 is 0 Å². The summed E-state index contributed by atoms with van der Waals surface area (Å²) in [6.45, 7) is 10.0. The van der Waals surface area contributed by atoms with E-state index in [0.29, 0.717) is 0 Å². The molecule has 1 fully saturated rings. The molecular weight excluding hydrogens is 234 g/mol. The minimum Gasteiger partial charge on any atom is -0.352 e. The zero-order valence-corrected chi connectivity index (χ0v) is 12.4. The second-order valence-electron chi connectivity index (χ2n) is 5.82. The summed E-state index contributed by atoms with van der Waals surface area (Å²) < 4.78 is 2.29. The topological polar surface area (TPSA) is 29.9 Å². The normalized spacial score (nSPS) is 23.3. The van der Waals surface area contributed by atoms with Crippen LogP contribution in [-0.2, 0) is 6.54 Å². The van der Waals surface area contributed by atoms with Crippen LogP contribution in [0.15, 0.2) is 18.9 Å². The standard InChI is InChI=1S/C16H27N3/c1-4-10-17-16-18-13(3)11-19(16)12-15-8-6-14(5-2)7-9-15/h4,11,14-15H,1,5-10,12H2,2-3H3,(H,17,18). The van der Waals surface area contributed by atoms with Crippen LogP contribution in [-0.4, -0.2) is 16.1 Å². The molecule has 0 unspecified atom stereocenters. The molecule has 0 radical (unpaired) electrons. The highest BCUT2D eigenvalue weighted by Gasteiger charge is 2.21. The summed E-state index contributed by atoms with van der Waals surface area (Å²) in [7, 11) is 0. The average molecular weight is 261 g/mol. The van der Waals surface area contributed by atoms with E-state index in [0.717, 1.165) is 36.6 Å². The van der Waals surface area contributed by atoms with E-state index in [-0.39, 0.29) is 0 Å². The lowest BCUT2D eigenvalue weighted by molar-refractivity contribution is 0.248. The van der Waals surface area contributed by atoms with Crippen molar-refractivity contribution in [2.75, 3.05) is 11.9 Å². The number of hydrogen-bond acceptors (Lipinski definition) is 2. The Morgan fingerprint density at radius 1 is 1.37 bits per heavy atom. The van der Waals surface area contributed by atoms with Gasteiger partial charge < -0.3 is 9.88 Å². The number of aromatic nitrogens is 2. The largest absolute Gasteiger partial charge is 0.352 e. The predicted octanol–water partition coefficient (Wildman–Crippen LogP) is 4.01. The number of aryl methyl sites for hydroxylation is 1. The van der Waals surface area contributed by atoms with Gasteiger partial charge in [0, 0.05) is 19.3 Å². The van der Waals surface area contributed by atoms with Crippen LogP contribution in [0.5, 0.6) is 0 Å². The van der Waals surface area contributed by atoms with E-state index in [2.05, 4.69) is 41.5 Å². The summed E-state index contributed by atoms with van der Waals surface area (Å²) in [5, 5.41) is 3.33. The maximum absolute atomic E-state index is 4.55. The molecule has 1 saturated carbocycles. The molecule has 1 heterocycles. The molecule has 0 aliphatic heterocycles. The fourth-order valence-electron chi connectivity index (χ4n) is 3.09. The SMILES string of the molecule is C=CCNc1nc(C)cn1CC1CCC(CC)CC1. The maximum atomic E-state index is 4.55. The molecule has 0 amide bonds. The van der Waals surface area contributed by atoms with Crippen molar-refractivity contribution in [1.29, 1.82) is 0 Å². The third-order valence-corrected chi connectivity index (χ3v) is 4.30. The van der Waals surface area contributed by atoms with Gasteiger partial charge in [-0.3, -0.25) is 0 Å².